The van der Waals surface area contributed by atoms with Crippen LogP contribution in [0.5, 0.6) is 5.75 Å². The first-order chi connectivity index (χ1) is 17.1. The zero-order valence-corrected chi connectivity index (χ0v) is 22.0. The van der Waals surface area contributed by atoms with Crippen molar-refractivity contribution < 1.29 is 22.7 Å². The molecule has 0 saturated carbocycles. The predicted octanol–water partition coefficient (Wildman–Crippen LogP) is 4.06. The van der Waals surface area contributed by atoms with Gasteiger partial charge in [-0.15, -0.1) is 11.3 Å². The Hall–Kier alpha value is -3.57. The molecule has 0 spiro atoms. The summed E-state index contributed by atoms with van der Waals surface area (Å²) in [6.45, 7) is 4.11. The fraction of sp³-hybridized carbons (Fsp3) is 0.280. The minimum Gasteiger partial charge on any atom is -0.495 e. The second kappa shape index (κ2) is 10.2. The van der Waals surface area contributed by atoms with Crippen LogP contribution in [0, 0.1) is 13.8 Å². The van der Waals surface area contributed by atoms with E-state index in [1.807, 2.05) is 6.92 Å². The molecule has 2 amide bonds. The van der Waals surface area contributed by atoms with Gasteiger partial charge in [0.1, 0.15) is 15.5 Å². The van der Waals surface area contributed by atoms with E-state index in [9.17, 15) is 18.0 Å². The molecule has 188 valence electrons. The molecule has 1 aliphatic heterocycles. The number of nitrogens with zero attached hydrogens (tertiary/aromatic N) is 3. The minimum atomic E-state index is -3.44. The maximum atomic E-state index is 13.1. The molecule has 36 heavy (non-hydrogen) atoms. The van der Waals surface area contributed by atoms with Gasteiger partial charge in [-0.2, -0.15) is 5.10 Å². The van der Waals surface area contributed by atoms with Gasteiger partial charge in [0.15, 0.2) is 9.84 Å². The van der Waals surface area contributed by atoms with E-state index in [4.69, 9.17) is 4.74 Å². The lowest BCUT2D eigenvalue weighted by Crippen LogP contribution is -2.32. The van der Waals surface area contributed by atoms with Crippen molar-refractivity contribution in [3.63, 3.8) is 0 Å². The number of aryl methyl sites for hydroxylation is 2. The van der Waals surface area contributed by atoms with Crippen LogP contribution in [0.4, 0.5) is 5.69 Å². The van der Waals surface area contributed by atoms with Crippen molar-refractivity contribution in [3.8, 4) is 5.75 Å². The number of rotatable bonds is 6. The second-order valence-corrected chi connectivity index (χ2v) is 11.6. The number of anilines is 1. The van der Waals surface area contributed by atoms with E-state index in [1.54, 1.807) is 43.3 Å². The van der Waals surface area contributed by atoms with Crippen LogP contribution in [0.3, 0.4) is 0 Å². The Labute approximate surface area is 213 Å². The summed E-state index contributed by atoms with van der Waals surface area (Å²) in [5.74, 6) is -0.263. The number of carbonyl (C=O) groups excluding carboxylic acids is 2. The first-order valence-corrected chi connectivity index (χ1v) is 13.9. The number of hydrazone groups is 1. The number of methoxy groups -OCH3 is 1. The second-order valence-electron chi connectivity index (χ2n) is 8.40. The van der Waals surface area contributed by atoms with Crippen LogP contribution in [-0.4, -0.2) is 55.8 Å². The molecule has 1 N–H and O–H groups in total. The maximum Gasteiger partial charge on any atom is 0.273 e. The number of nitrogens with one attached hydrogen (secondary N) is 1. The Morgan fingerprint density at radius 1 is 1.11 bits per heavy atom. The number of hydrogen-bond donors (Lipinski definition) is 1. The Bertz CT molecular complexity index is 1460. The van der Waals surface area contributed by atoms with Crippen molar-refractivity contribution in [3.05, 3.63) is 69.2 Å². The highest BCUT2D eigenvalue weighted by Gasteiger charge is 2.23. The smallest absolute Gasteiger partial charge is 0.273 e. The lowest BCUT2D eigenvalue weighted by atomic mass is 10.0. The summed E-state index contributed by atoms with van der Waals surface area (Å²) in [5.41, 5.74) is 3.07. The van der Waals surface area contributed by atoms with Gasteiger partial charge < -0.3 is 10.1 Å². The Morgan fingerprint density at radius 3 is 2.44 bits per heavy atom. The number of carbonyl (C=O) groups is 2. The normalized spacial score (nSPS) is 13.8. The lowest BCUT2D eigenvalue weighted by molar-refractivity contribution is 0.0751. The average Bonchev–Trinajstić information content (AvgIpc) is 3.21. The molecule has 1 aliphatic rings. The molecule has 0 atom stereocenters. The number of ether oxygens (including phenoxy) is 1. The Morgan fingerprint density at radius 2 is 1.83 bits per heavy atom. The lowest BCUT2D eigenvalue weighted by Gasteiger charge is -2.24. The van der Waals surface area contributed by atoms with E-state index in [1.165, 1.54) is 29.5 Å². The topological polar surface area (TPSA) is 118 Å². The molecule has 0 aliphatic carbocycles. The largest absolute Gasteiger partial charge is 0.495 e. The third kappa shape index (κ3) is 5.47. The molecular weight excluding hydrogens is 500 g/mol. The standard InChI is InChI=1S/C25H26N4O5S2/c1-15-23(35-16(2)26-15)24(30)27-19-10-7-17(8-11-19)25(31)29-13-5-6-20(28-29)18-9-12-22(36(4,32)33)21(14-18)34-3/h7-12,14H,5-6,13H2,1-4H3,(H,27,30). The minimum absolute atomic E-state index is 0.103. The molecule has 0 saturated heterocycles. The summed E-state index contributed by atoms with van der Waals surface area (Å²) >= 11 is 1.33. The molecule has 9 nitrogen and oxygen atoms in total. The Balaban J connectivity index is 1.50. The van der Waals surface area contributed by atoms with Crippen LogP contribution < -0.4 is 10.1 Å². The quantitative estimate of drug-likeness (QED) is 0.517. The van der Waals surface area contributed by atoms with Crippen molar-refractivity contribution in [2.45, 2.75) is 31.6 Å². The number of aromatic nitrogens is 1. The molecule has 11 heteroatoms. The molecular formula is C25H26N4O5S2. The molecule has 1 aromatic heterocycles. The third-order valence-corrected chi connectivity index (χ3v) is 7.86. The molecule has 0 radical (unpaired) electrons. The molecule has 0 fully saturated rings. The van der Waals surface area contributed by atoms with Gasteiger partial charge in [0.25, 0.3) is 11.8 Å². The van der Waals surface area contributed by atoms with Crippen molar-refractivity contribution in [1.82, 2.24) is 9.99 Å². The summed E-state index contributed by atoms with van der Waals surface area (Å²) in [4.78, 5) is 30.6. The van der Waals surface area contributed by atoms with Crippen LogP contribution in [0.2, 0.25) is 0 Å². The van der Waals surface area contributed by atoms with E-state index < -0.39 is 9.84 Å². The molecule has 3 aromatic rings. The monoisotopic (exact) mass is 526 g/mol. The van der Waals surface area contributed by atoms with Crippen molar-refractivity contribution in [2.75, 3.05) is 25.2 Å². The first kappa shape index (κ1) is 25.5. The average molecular weight is 527 g/mol. The number of sulfone groups is 1. The molecule has 0 unspecified atom stereocenters. The SMILES string of the molecule is COc1cc(C2=NN(C(=O)c3ccc(NC(=O)c4sc(C)nc4C)cc3)CCC2)ccc1S(C)(=O)=O. The fourth-order valence-corrected chi connectivity index (χ4v) is 5.56. The zero-order chi connectivity index (χ0) is 26.0. The van der Waals surface area contributed by atoms with Gasteiger partial charge in [-0.3, -0.25) is 9.59 Å². The van der Waals surface area contributed by atoms with Crippen molar-refractivity contribution >= 4 is 44.4 Å². The van der Waals surface area contributed by atoms with Crippen molar-refractivity contribution in [2.24, 2.45) is 5.10 Å². The predicted molar refractivity (Wildman–Crippen MR) is 139 cm³/mol. The van der Waals surface area contributed by atoms with Crippen LogP contribution >= 0.6 is 11.3 Å². The molecule has 0 bridgehead atoms. The Kier molecular flexibility index (Phi) is 7.23. The van der Waals surface area contributed by atoms with E-state index in [0.29, 0.717) is 52.5 Å². The summed E-state index contributed by atoms with van der Waals surface area (Å²) < 4.78 is 29.2. The zero-order valence-electron chi connectivity index (χ0n) is 20.4. The highest BCUT2D eigenvalue weighted by molar-refractivity contribution is 7.90. The van der Waals surface area contributed by atoms with E-state index in [2.05, 4.69) is 15.4 Å². The van der Waals surface area contributed by atoms with Gasteiger partial charge in [0.05, 0.1) is 23.5 Å². The maximum absolute atomic E-state index is 13.1. The van der Waals surface area contributed by atoms with E-state index in [-0.39, 0.29) is 22.5 Å². The third-order valence-electron chi connectivity index (χ3n) is 5.66. The first-order valence-electron chi connectivity index (χ1n) is 11.2. The van der Waals surface area contributed by atoms with E-state index in [0.717, 1.165) is 11.3 Å². The van der Waals surface area contributed by atoms with E-state index >= 15 is 0 Å². The molecule has 2 heterocycles. The van der Waals surface area contributed by atoms with Crippen LogP contribution in [0.1, 0.15) is 49.1 Å². The van der Waals surface area contributed by atoms with Crippen LogP contribution in [0.15, 0.2) is 52.5 Å². The fourth-order valence-electron chi connectivity index (χ4n) is 3.92. The van der Waals surface area contributed by atoms with Gasteiger partial charge >= 0.3 is 0 Å². The highest BCUT2D eigenvalue weighted by atomic mass is 32.2. The summed E-state index contributed by atoms with van der Waals surface area (Å²) in [5, 5.41) is 9.61. The van der Waals surface area contributed by atoms with Crippen molar-refractivity contribution in [1.29, 1.82) is 0 Å². The number of hydrogen-bond acceptors (Lipinski definition) is 8. The van der Waals surface area contributed by atoms with Gasteiger partial charge in [-0.05, 0) is 63.1 Å². The van der Waals surface area contributed by atoms with Crippen LogP contribution in [0.25, 0.3) is 0 Å². The summed E-state index contributed by atoms with van der Waals surface area (Å²) in [6.07, 6.45) is 2.48. The summed E-state index contributed by atoms with van der Waals surface area (Å²) in [7, 11) is -2.03. The van der Waals surface area contributed by atoms with Gasteiger partial charge in [-0.1, -0.05) is 6.07 Å². The van der Waals surface area contributed by atoms with Gasteiger partial charge in [0, 0.05) is 29.6 Å². The number of benzene rings is 2. The van der Waals surface area contributed by atoms with Gasteiger partial charge in [0.2, 0.25) is 0 Å². The van der Waals surface area contributed by atoms with Crippen LogP contribution in [-0.2, 0) is 9.84 Å². The number of thiazole rings is 1. The summed E-state index contributed by atoms with van der Waals surface area (Å²) in [6, 6.07) is 11.5. The van der Waals surface area contributed by atoms with Gasteiger partial charge in [-0.25, -0.2) is 18.4 Å². The number of amides is 2. The molecule has 4 rings (SSSR count). The highest BCUT2D eigenvalue weighted by Crippen LogP contribution is 2.27. The molecule has 2 aromatic carbocycles.